The second-order valence-electron chi connectivity index (χ2n) is 8.21. The molecule has 6 heteroatoms. The summed E-state index contributed by atoms with van der Waals surface area (Å²) in [6, 6.07) is 3.82. The minimum Gasteiger partial charge on any atom is -0.472 e. The van der Waals surface area contributed by atoms with Crippen molar-refractivity contribution in [3.05, 3.63) is 34.9 Å². The Morgan fingerprint density at radius 3 is 2.36 bits per heavy atom. The number of nitriles is 2. The van der Waals surface area contributed by atoms with E-state index in [1.807, 2.05) is 19.1 Å². The zero-order chi connectivity index (χ0) is 20.9. The van der Waals surface area contributed by atoms with Crippen molar-refractivity contribution in [1.29, 1.82) is 10.5 Å². The largest absolute Gasteiger partial charge is 0.472 e. The first-order chi connectivity index (χ1) is 13.0. The Kier molecular flexibility index (Phi) is 4.17. The number of Topliss-reactive ketones (excluding diaryl/α,β-unsaturated/α-hetero) is 1. The summed E-state index contributed by atoms with van der Waals surface area (Å²) >= 11 is 0. The van der Waals surface area contributed by atoms with Crippen LogP contribution in [0.15, 0.2) is 34.9 Å². The smallest absolute Gasteiger partial charge is 0.381 e. The minimum absolute atomic E-state index is 0.0224. The van der Waals surface area contributed by atoms with Crippen molar-refractivity contribution in [1.82, 2.24) is 0 Å². The summed E-state index contributed by atoms with van der Waals surface area (Å²) in [6.07, 6.45) is 5.29. The summed E-state index contributed by atoms with van der Waals surface area (Å²) in [7, 11) is 0. The molecule has 3 aliphatic rings. The number of carbonyl (C=O) groups excluding carboxylic acids is 2. The van der Waals surface area contributed by atoms with E-state index in [1.165, 1.54) is 12.2 Å². The highest BCUT2D eigenvalue weighted by atomic mass is 16.4. The van der Waals surface area contributed by atoms with Crippen LogP contribution in [0.2, 0.25) is 0 Å². The molecule has 3 unspecified atom stereocenters. The number of carboxylic acids is 1. The van der Waals surface area contributed by atoms with E-state index in [4.69, 9.17) is 5.11 Å². The minimum atomic E-state index is -1.31. The first-order valence-electron chi connectivity index (χ1n) is 8.85. The third-order valence-corrected chi connectivity index (χ3v) is 6.32. The van der Waals surface area contributed by atoms with Crippen molar-refractivity contribution >= 4 is 17.5 Å². The van der Waals surface area contributed by atoms with Crippen molar-refractivity contribution in [2.45, 2.75) is 33.6 Å². The van der Waals surface area contributed by atoms with E-state index in [2.05, 4.69) is 11.8 Å². The first-order valence-corrected chi connectivity index (χ1v) is 8.85. The van der Waals surface area contributed by atoms with E-state index in [-0.39, 0.29) is 22.8 Å². The molecule has 0 saturated heterocycles. The standard InChI is InChI=1S/C22H18N2O4/c1-20(2)16-4-6-22(7-5-18(26)27)10-13(11-23)15(25)8-17(22)21(16,3)9-14(12-24)19(20)28/h8-10,16H,4,6H2,1-3H3,(H,26,27). The topological polar surface area (TPSA) is 119 Å². The molecule has 3 atom stereocenters. The fourth-order valence-corrected chi connectivity index (χ4v) is 5.10. The number of nitrogens with zero attached hydrogens (tertiary/aromatic N) is 2. The van der Waals surface area contributed by atoms with Gasteiger partial charge in [0.1, 0.15) is 12.1 Å². The zero-order valence-electron chi connectivity index (χ0n) is 15.8. The predicted octanol–water partition coefficient (Wildman–Crippen LogP) is 2.50. The van der Waals surface area contributed by atoms with Crippen LogP contribution in [0, 0.1) is 56.7 Å². The van der Waals surface area contributed by atoms with Gasteiger partial charge in [-0.3, -0.25) is 9.59 Å². The maximum absolute atomic E-state index is 12.8. The molecule has 1 N–H and O–H groups in total. The number of allylic oxidation sites excluding steroid dienone is 6. The molecule has 3 rings (SSSR count). The van der Waals surface area contributed by atoms with Gasteiger partial charge in [-0.15, -0.1) is 0 Å². The number of aliphatic carboxylic acids is 1. The summed E-state index contributed by atoms with van der Waals surface area (Å²) in [4.78, 5) is 36.3. The molecule has 0 radical (unpaired) electrons. The Balaban J connectivity index is 2.33. The van der Waals surface area contributed by atoms with E-state index in [1.54, 1.807) is 19.9 Å². The predicted molar refractivity (Wildman–Crippen MR) is 97.9 cm³/mol. The SMILES string of the molecule is CC1(C)C(=O)C(C#N)=CC2(C)C3=CC(=O)C(C#N)=CC3(C#CC(=O)O)CCC12. The number of carboxylic acid groups (broad SMARTS) is 1. The molecule has 28 heavy (non-hydrogen) atoms. The molecule has 3 aliphatic carbocycles. The Hall–Kier alpha value is -3.43. The average molecular weight is 374 g/mol. The molecule has 0 aromatic rings. The number of hydrogen-bond donors (Lipinski definition) is 1. The Morgan fingerprint density at radius 2 is 1.79 bits per heavy atom. The second-order valence-corrected chi connectivity index (χ2v) is 8.21. The lowest BCUT2D eigenvalue weighted by Crippen LogP contribution is -2.53. The van der Waals surface area contributed by atoms with E-state index >= 15 is 0 Å². The molecule has 140 valence electrons. The van der Waals surface area contributed by atoms with Gasteiger partial charge in [0.25, 0.3) is 0 Å². The zero-order valence-corrected chi connectivity index (χ0v) is 15.8. The van der Waals surface area contributed by atoms with Gasteiger partial charge in [0.05, 0.1) is 16.6 Å². The van der Waals surface area contributed by atoms with Crippen LogP contribution in [0.3, 0.4) is 0 Å². The fraction of sp³-hybridized carbons (Fsp3) is 0.409. The monoisotopic (exact) mass is 374 g/mol. The third-order valence-electron chi connectivity index (χ3n) is 6.32. The van der Waals surface area contributed by atoms with Gasteiger partial charge < -0.3 is 5.11 Å². The quantitative estimate of drug-likeness (QED) is 0.651. The van der Waals surface area contributed by atoms with Gasteiger partial charge >= 0.3 is 5.97 Å². The van der Waals surface area contributed by atoms with Gasteiger partial charge in [-0.2, -0.15) is 10.5 Å². The Morgan fingerprint density at radius 1 is 1.14 bits per heavy atom. The fourth-order valence-electron chi connectivity index (χ4n) is 5.10. The number of fused-ring (bicyclic) bond motifs is 3. The van der Waals surface area contributed by atoms with Gasteiger partial charge in [-0.05, 0) is 36.5 Å². The molecule has 0 spiro atoms. The first kappa shape index (κ1) is 19.3. The molecule has 1 saturated carbocycles. The van der Waals surface area contributed by atoms with Gasteiger partial charge in [0.15, 0.2) is 11.6 Å². The summed E-state index contributed by atoms with van der Waals surface area (Å²) < 4.78 is 0. The van der Waals surface area contributed by atoms with Crippen molar-refractivity contribution in [3.8, 4) is 24.0 Å². The van der Waals surface area contributed by atoms with E-state index < -0.39 is 28.0 Å². The highest BCUT2D eigenvalue weighted by molar-refractivity contribution is 6.10. The van der Waals surface area contributed by atoms with Gasteiger partial charge in [0, 0.05) is 16.8 Å². The van der Waals surface area contributed by atoms with Crippen LogP contribution >= 0.6 is 0 Å². The summed E-state index contributed by atoms with van der Waals surface area (Å²) in [5.74, 6) is 2.68. The van der Waals surface area contributed by atoms with Crippen molar-refractivity contribution in [2.75, 3.05) is 0 Å². The molecule has 0 aliphatic heterocycles. The Bertz CT molecular complexity index is 1060. The van der Waals surface area contributed by atoms with Gasteiger partial charge in [-0.25, -0.2) is 4.79 Å². The molecule has 0 heterocycles. The molecule has 6 nitrogen and oxygen atoms in total. The molecule has 0 bridgehead atoms. The normalized spacial score (nSPS) is 32.8. The number of rotatable bonds is 0. The van der Waals surface area contributed by atoms with Crippen LogP contribution in [-0.2, 0) is 14.4 Å². The summed E-state index contributed by atoms with van der Waals surface area (Å²) in [5, 5.41) is 27.8. The van der Waals surface area contributed by atoms with E-state index in [9.17, 15) is 24.9 Å². The maximum atomic E-state index is 12.8. The molecule has 0 amide bonds. The number of carbonyl (C=O) groups is 3. The third kappa shape index (κ3) is 2.52. The molecular weight excluding hydrogens is 356 g/mol. The summed E-state index contributed by atoms with van der Waals surface area (Å²) in [6.45, 7) is 5.43. The van der Waals surface area contributed by atoms with Crippen LogP contribution < -0.4 is 0 Å². The molecule has 0 aromatic carbocycles. The van der Waals surface area contributed by atoms with E-state index in [0.717, 1.165) is 0 Å². The lowest BCUT2D eigenvalue weighted by atomic mass is 9.45. The average Bonchev–Trinajstić information content (AvgIpc) is 2.63. The van der Waals surface area contributed by atoms with Crippen molar-refractivity contribution in [3.63, 3.8) is 0 Å². The van der Waals surface area contributed by atoms with Crippen molar-refractivity contribution in [2.24, 2.45) is 22.2 Å². The Labute approximate surface area is 162 Å². The number of hydrogen-bond acceptors (Lipinski definition) is 5. The van der Waals surface area contributed by atoms with Gasteiger partial charge in [0.2, 0.25) is 0 Å². The highest BCUT2D eigenvalue weighted by Gasteiger charge is 2.59. The molecular formula is C22H18N2O4. The summed E-state index contributed by atoms with van der Waals surface area (Å²) in [5.41, 5.74) is -2.29. The van der Waals surface area contributed by atoms with Crippen LogP contribution in [0.4, 0.5) is 0 Å². The molecule has 0 aromatic heterocycles. The lowest BCUT2D eigenvalue weighted by Gasteiger charge is -2.56. The molecule has 1 fully saturated rings. The van der Waals surface area contributed by atoms with Crippen LogP contribution in [-0.4, -0.2) is 22.6 Å². The van der Waals surface area contributed by atoms with Crippen LogP contribution in [0.1, 0.15) is 33.6 Å². The van der Waals surface area contributed by atoms with E-state index in [0.29, 0.717) is 18.4 Å². The second kappa shape index (κ2) is 6.04. The highest BCUT2D eigenvalue weighted by Crippen LogP contribution is 2.63. The van der Waals surface area contributed by atoms with Gasteiger partial charge in [-0.1, -0.05) is 32.8 Å². The lowest BCUT2D eigenvalue weighted by molar-refractivity contribution is -0.130. The maximum Gasteiger partial charge on any atom is 0.381 e. The van der Waals surface area contributed by atoms with Crippen molar-refractivity contribution < 1.29 is 19.5 Å². The van der Waals surface area contributed by atoms with Crippen LogP contribution in [0.25, 0.3) is 0 Å². The van der Waals surface area contributed by atoms with Crippen LogP contribution in [0.5, 0.6) is 0 Å². The number of ketones is 2.